The first kappa shape index (κ1) is 16.7. The van der Waals surface area contributed by atoms with Gasteiger partial charge in [-0.1, -0.05) is 0 Å². The van der Waals surface area contributed by atoms with Crippen molar-refractivity contribution in [3.8, 4) is 0 Å². The first-order chi connectivity index (χ1) is 10.6. The number of rotatable bonds is 6. The number of amides is 1. The molecule has 1 N–H and O–H groups in total. The van der Waals surface area contributed by atoms with Crippen LogP contribution in [0.1, 0.15) is 29.2 Å². The lowest BCUT2D eigenvalue weighted by atomic mass is 9.98. The molecule has 22 heavy (non-hydrogen) atoms. The van der Waals surface area contributed by atoms with Gasteiger partial charge in [-0.15, -0.1) is 0 Å². The maximum absolute atomic E-state index is 12.1. The summed E-state index contributed by atoms with van der Waals surface area (Å²) < 4.78 is 10.4. The zero-order valence-electron chi connectivity index (χ0n) is 13.3. The number of piperidine rings is 1. The molecule has 1 aromatic heterocycles. The average Bonchev–Trinajstić information content (AvgIpc) is 2.50. The van der Waals surface area contributed by atoms with Crippen LogP contribution in [0.5, 0.6) is 0 Å². The van der Waals surface area contributed by atoms with E-state index in [0.717, 1.165) is 39.1 Å². The predicted octanol–water partition coefficient (Wildman–Crippen LogP) is 1.04. The van der Waals surface area contributed by atoms with Crippen molar-refractivity contribution in [2.75, 3.05) is 39.9 Å². The molecule has 2 heterocycles. The molecule has 1 saturated heterocycles. The number of ether oxygens (including phenoxy) is 1. The fraction of sp³-hybridized carbons (Fsp3) is 0.625. The van der Waals surface area contributed by atoms with Crippen LogP contribution in [0.15, 0.2) is 21.3 Å². The third-order valence-corrected chi connectivity index (χ3v) is 3.88. The standard InChI is InChI=1S/C16H24N2O4/c1-12-8-14(19)9-15(22-12)16(20)17-10-13-4-3-5-18(11-13)6-7-21-2/h8-9,13H,3-7,10-11H2,1-2H3,(H,17,20). The van der Waals surface area contributed by atoms with Crippen LogP contribution < -0.4 is 10.7 Å². The highest BCUT2D eigenvalue weighted by Crippen LogP contribution is 2.15. The van der Waals surface area contributed by atoms with Gasteiger partial charge in [0.2, 0.25) is 0 Å². The summed E-state index contributed by atoms with van der Waals surface area (Å²) in [5.74, 6) is 0.624. The van der Waals surface area contributed by atoms with Crippen molar-refractivity contribution in [2.45, 2.75) is 19.8 Å². The molecule has 0 spiro atoms. The van der Waals surface area contributed by atoms with Gasteiger partial charge in [0.15, 0.2) is 11.2 Å². The number of carbonyl (C=O) groups excluding carboxylic acids is 1. The van der Waals surface area contributed by atoms with Crippen molar-refractivity contribution in [3.63, 3.8) is 0 Å². The first-order valence-corrected chi connectivity index (χ1v) is 7.70. The van der Waals surface area contributed by atoms with Gasteiger partial charge in [-0.25, -0.2) is 0 Å². The number of likely N-dealkylation sites (tertiary alicyclic amines) is 1. The van der Waals surface area contributed by atoms with E-state index in [9.17, 15) is 9.59 Å². The second kappa shape index (κ2) is 8.10. The van der Waals surface area contributed by atoms with E-state index >= 15 is 0 Å². The Morgan fingerprint density at radius 3 is 3.05 bits per heavy atom. The Morgan fingerprint density at radius 1 is 1.50 bits per heavy atom. The van der Waals surface area contributed by atoms with Crippen molar-refractivity contribution >= 4 is 5.91 Å². The average molecular weight is 308 g/mol. The number of aryl methyl sites for hydroxylation is 1. The molecule has 6 nitrogen and oxygen atoms in total. The van der Waals surface area contributed by atoms with Gasteiger partial charge in [0, 0.05) is 38.9 Å². The summed E-state index contributed by atoms with van der Waals surface area (Å²) >= 11 is 0. The molecule has 6 heteroatoms. The lowest BCUT2D eigenvalue weighted by Gasteiger charge is -2.32. The zero-order chi connectivity index (χ0) is 15.9. The largest absolute Gasteiger partial charge is 0.456 e. The Kier molecular flexibility index (Phi) is 6.15. The van der Waals surface area contributed by atoms with Crippen molar-refractivity contribution in [2.24, 2.45) is 5.92 Å². The molecule has 1 aliphatic rings. The second-order valence-electron chi connectivity index (χ2n) is 5.78. The molecule has 0 aromatic carbocycles. The van der Waals surface area contributed by atoms with E-state index < -0.39 is 0 Å². The Morgan fingerprint density at radius 2 is 2.32 bits per heavy atom. The molecule has 122 valence electrons. The van der Waals surface area contributed by atoms with Gasteiger partial charge in [-0.05, 0) is 32.2 Å². The van der Waals surface area contributed by atoms with Crippen LogP contribution in [0.2, 0.25) is 0 Å². The van der Waals surface area contributed by atoms with Crippen molar-refractivity contribution in [1.29, 1.82) is 0 Å². The second-order valence-corrected chi connectivity index (χ2v) is 5.78. The van der Waals surface area contributed by atoms with Crippen LogP contribution in [0.25, 0.3) is 0 Å². The number of nitrogens with one attached hydrogen (secondary N) is 1. The summed E-state index contributed by atoms with van der Waals surface area (Å²) in [6.07, 6.45) is 2.23. The minimum Gasteiger partial charge on any atom is -0.456 e. The summed E-state index contributed by atoms with van der Waals surface area (Å²) in [4.78, 5) is 25.8. The highest BCUT2D eigenvalue weighted by atomic mass is 16.5. The molecular weight excluding hydrogens is 284 g/mol. The van der Waals surface area contributed by atoms with Crippen molar-refractivity contribution in [1.82, 2.24) is 10.2 Å². The maximum Gasteiger partial charge on any atom is 0.287 e. The summed E-state index contributed by atoms with van der Waals surface area (Å²) in [5.41, 5.74) is -0.211. The molecule has 1 amide bonds. The third kappa shape index (κ3) is 4.96. The van der Waals surface area contributed by atoms with E-state index in [1.54, 1.807) is 14.0 Å². The van der Waals surface area contributed by atoms with Crippen LogP contribution >= 0.6 is 0 Å². The minimum atomic E-state index is -0.324. The summed E-state index contributed by atoms with van der Waals surface area (Å²) in [6, 6.07) is 2.60. The fourth-order valence-corrected chi connectivity index (χ4v) is 2.78. The lowest BCUT2D eigenvalue weighted by molar-refractivity contribution is 0.0884. The van der Waals surface area contributed by atoms with E-state index in [2.05, 4.69) is 10.2 Å². The number of methoxy groups -OCH3 is 1. The Hall–Kier alpha value is -1.66. The molecule has 2 rings (SSSR count). The highest BCUT2D eigenvalue weighted by Gasteiger charge is 2.20. The van der Waals surface area contributed by atoms with Gasteiger partial charge in [0.05, 0.1) is 6.61 Å². The van der Waals surface area contributed by atoms with E-state index in [0.29, 0.717) is 18.2 Å². The predicted molar refractivity (Wildman–Crippen MR) is 83.1 cm³/mol. The van der Waals surface area contributed by atoms with Crippen LogP contribution in [-0.2, 0) is 4.74 Å². The summed E-state index contributed by atoms with van der Waals surface area (Å²) in [5, 5.41) is 2.87. The van der Waals surface area contributed by atoms with Crippen molar-refractivity contribution < 1.29 is 13.9 Å². The van der Waals surface area contributed by atoms with Crippen molar-refractivity contribution in [3.05, 3.63) is 33.9 Å². The number of nitrogens with zero attached hydrogens (tertiary/aromatic N) is 1. The van der Waals surface area contributed by atoms with Gasteiger partial charge in [0.25, 0.3) is 5.91 Å². The smallest absolute Gasteiger partial charge is 0.287 e. The monoisotopic (exact) mass is 308 g/mol. The molecule has 0 bridgehead atoms. The first-order valence-electron chi connectivity index (χ1n) is 7.70. The normalized spacial score (nSPS) is 19.1. The van der Waals surface area contributed by atoms with E-state index in [1.807, 2.05) is 0 Å². The molecule has 0 saturated carbocycles. The van der Waals surface area contributed by atoms with E-state index in [4.69, 9.17) is 9.15 Å². The number of hydrogen-bond donors (Lipinski definition) is 1. The number of carbonyl (C=O) groups is 1. The zero-order valence-corrected chi connectivity index (χ0v) is 13.3. The number of hydrogen-bond acceptors (Lipinski definition) is 5. The Balaban J connectivity index is 1.84. The van der Waals surface area contributed by atoms with Gasteiger partial charge >= 0.3 is 0 Å². The van der Waals surface area contributed by atoms with Crippen LogP contribution in [0, 0.1) is 12.8 Å². The molecule has 0 aliphatic carbocycles. The Bertz CT molecular complexity index is 555. The van der Waals surface area contributed by atoms with Gasteiger partial charge in [-0.3, -0.25) is 9.59 Å². The summed E-state index contributed by atoms with van der Waals surface area (Å²) in [7, 11) is 1.71. The molecule has 1 atom stereocenters. The van der Waals surface area contributed by atoms with Gasteiger partial charge in [0.1, 0.15) is 5.76 Å². The van der Waals surface area contributed by atoms with Gasteiger partial charge in [-0.2, -0.15) is 0 Å². The Labute approximate surface area is 130 Å². The van der Waals surface area contributed by atoms with Gasteiger partial charge < -0.3 is 19.4 Å². The van der Waals surface area contributed by atoms with Crippen LogP contribution in [-0.4, -0.2) is 50.7 Å². The molecule has 1 unspecified atom stereocenters. The topological polar surface area (TPSA) is 71.8 Å². The minimum absolute atomic E-state index is 0.0806. The van der Waals surface area contributed by atoms with E-state index in [-0.39, 0.29) is 17.1 Å². The quantitative estimate of drug-likeness (QED) is 0.850. The molecule has 1 fully saturated rings. The van der Waals surface area contributed by atoms with E-state index in [1.165, 1.54) is 12.1 Å². The molecule has 1 aliphatic heterocycles. The molecule has 0 radical (unpaired) electrons. The fourth-order valence-electron chi connectivity index (χ4n) is 2.78. The van der Waals surface area contributed by atoms with Crippen LogP contribution in [0.4, 0.5) is 0 Å². The SMILES string of the molecule is COCCN1CCCC(CNC(=O)c2cc(=O)cc(C)o2)C1. The highest BCUT2D eigenvalue weighted by molar-refractivity contribution is 5.91. The maximum atomic E-state index is 12.1. The van der Waals surface area contributed by atoms with Crippen LogP contribution in [0.3, 0.4) is 0 Å². The lowest BCUT2D eigenvalue weighted by Crippen LogP contribution is -2.42. The molecule has 1 aromatic rings. The third-order valence-electron chi connectivity index (χ3n) is 3.88. The summed E-state index contributed by atoms with van der Waals surface area (Å²) in [6.45, 7) is 5.95. The molecular formula is C16H24N2O4.